The molecule has 0 saturated carbocycles. The molecular formula is C9H12ClNO3. The van der Waals surface area contributed by atoms with E-state index in [1.807, 2.05) is 6.07 Å². The molecule has 1 aromatic rings. The van der Waals surface area contributed by atoms with Crippen molar-refractivity contribution in [3.05, 3.63) is 23.8 Å². The summed E-state index contributed by atoms with van der Waals surface area (Å²) >= 11 is 0. The molecule has 4 nitrogen and oxygen atoms in total. The second-order valence-electron chi connectivity index (χ2n) is 2.90. The van der Waals surface area contributed by atoms with Gasteiger partial charge in [0.2, 0.25) is 6.79 Å². The molecule has 5 heteroatoms. The van der Waals surface area contributed by atoms with Gasteiger partial charge >= 0.3 is 0 Å². The Morgan fingerprint density at radius 3 is 2.79 bits per heavy atom. The molecular weight excluding hydrogens is 206 g/mol. The first-order valence-electron chi connectivity index (χ1n) is 4.07. The van der Waals surface area contributed by atoms with Crippen LogP contribution in [0.4, 0.5) is 0 Å². The number of halogens is 1. The molecule has 0 radical (unpaired) electrons. The summed E-state index contributed by atoms with van der Waals surface area (Å²) in [6.07, 6.45) is 0. The van der Waals surface area contributed by atoms with E-state index in [9.17, 15) is 0 Å². The summed E-state index contributed by atoms with van der Waals surface area (Å²) in [6, 6.07) is 5.07. The summed E-state index contributed by atoms with van der Waals surface area (Å²) in [5, 5.41) is 8.84. The van der Waals surface area contributed by atoms with Gasteiger partial charge in [-0.3, -0.25) is 0 Å². The Morgan fingerprint density at radius 1 is 1.36 bits per heavy atom. The monoisotopic (exact) mass is 217 g/mol. The normalized spacial score (nSPS) is 14.7. The van der Waals surface area contributed by atoms with E-state index in [0.717, 1.165) is 11.3 Å². The van der Waals surface area contributed by atoms with Crippen molar-refractivity contribution in [3.63, 3.8) is 0 Å². The average molecular weight is 218 g/mol. The standard InChI is InChI=1S/C9H11NO3.ClH/c10-7(4-11)6-1-2-8-9(3-6)13-5-12-8;/h1-3,7,11H,4-5,10H2;1H/t7-;/m1./s1. The lowest BCUT2D eigenvalue weighted by Crippen LogP contribution is -2.14. The maximum Gasteiger partial charge on any atom is 0.231 e. The van der Waals surface area contributed by atoms with Crippen molar-refractivity contribution >= 4 is 12.4 Å². The number of aliphatic hydroxyl groups is 1. The van der Waals surface area contributed by atoms with Gasteiger partial charge in [-0.05, 0) is 17.7 Å². The molecule has 0 spiro atoms. The number of aliphatic hydroxyl groups excluding tert-OH is 1. The summed E-state index contributed by atoms with van der Waals surface area (Å²) in [5.74, 6) is 1.43. The summed E-state index contributed by atoms with van der Waals surface area (Å²) in [7, 11) is 0. The Kier molecular flexibility index (Phi) is 3.57. The SMILES string of the molecule is Cl.N[C@H](CO)c1ccc2c(c1)OCO2. The third-order valence-electron chi connectivity index (χ3n) is 2.02. The number of ether oxygens (including phenoxy) is 2. The average Bonchev–Trinajstić information content (AvgIpc) is 2.63. The van der Waals surface area contributed by atoms with Gasteiger partial charge in [0.05, 0.1) is 12.6 Å². The second kappa shape index (κ2) is 4.50. The largest absolute Gasteiger partial charge is 0.454 e. The molecule has 14 heavy (non-hydrogen) atoms. The smallest absolute Gasteiger partial charge is 0.231 e. The third-order valence-corrected chi connectivity index (χ3v) is 2.02. The van der Waals surface area contributed by atoms with Crippen molar-refractivity contribution in [2.75, 3.05) is 13.4 Å². The van der Waals surface area contributed by atoms with E-state index in [1.54, 1.807) is 12.1 Å². The predicted molar refractivity (Wildman–Crippen MR) is 53.8 cm³/mol. The number of nitrogens with two attached hydrogens (primary N) is 1. The van der Waals surface area contributed by atoms with Gasteiger partial charge in [0, 0.05) is 0 Å². The molecule has 0 aliphatic carbocycles. The zero-order valence-corrected chi connectivity index (χ0v) is 8.29. The molecule has 1 heterocycles. The van der Waals surface area contributed by atoms with Crippen molar-refractivity contribution in [2.45, 2.75) is 6.04 Å². The topological polar surface area (TPSA) is 64.7 Å². The second-order valence-corrected chi connectivity index (χ2v) is 2.90. The highest BCUT2D eigenvalue weighted by molar-refractivity contribution is 5.85. The molecule has 3 N–H and O–H groups in total. The lowest BCUT2D eigenvalue weighted by molar-refractivity contribution is 0.174. The fourth-order valence-electron chi connectivity index (χ4n) is 1.25. The van der Waals surface area contributed by atoms with E-state index in [-0.39, 0.29) is 31.8 Å². The van der Waals surface area contributed by atoms with Crippen LogP contribution in [0.5, 0.6) is 11.5 Å². The van der Waals surface area contributed by atoms with E-state index in [1.165, 1.54) is 0 Å². The van der Waals surface area contributed by atoms with E-state index in [0.29, 0.717) is 5.75 Å². The van der Waals surface area contributed by atoms with Crippen LogP contribution in [0.15, 0.2) is 18.2 Å². The lowest BCUT2D eigenvalue weighted by atomic mass is 10.1. The highest BCUT2D eigenvalue weighted by Gasteiger charge is 2.15. The quantitative estimate of drug-likeness (QED) is 0.770. The number of hydrogen-bond donors (Lipinski definition) is 2. The van der Waals surface area contributed by atoms with E-state index >= 15 is 0 Å². The van der Waals surface area contributed by atoms with Crippen LogP contribution in [0.3, 0.4) is 0 Å². The Bertz CT molecular complexity index is 319. The van der Waals surface area contributed by atoms with Gasteiger partial charge in [-0.1, -0.05) is 6.07 Å². The minimum absolute atomic E-state index is 0. The van der Waals surface area contributed by atoms with Gasteiger partial charge in [0.1, 0.15) is 0 Å². The highest BCUT2D eigenvalue weighted by Crippen LogP contribution is 2.33. The number of benzene rings is 1. The maximum absolute atomic E-state index is 8.84. The van der Waals surface area contributed by atoms with E-state index in [4.69, 9.17) is 20.3 Å². The van der Waals surface area contributed by atoms with Crippen LogP contribution >= 0.6 is 12.4 Å². The first-order valence-corrected chi connectivity index (χ1v) is 4.07. The van der Waals surface area contributed by atoms with E-state index in [2.05, 4.69) is 0 Å². The van der Waals surface area contributed by atoms with E-state index < -0.39 is 0 Å². The summed E-state index contributed by atoms with van der Waals surface area (Å²) in [4.78, 5) is 0. The summed E-state index contributed by atoms with van der Waals surface area (Å²) in [5.41, 5.74) is 6.50. The predicted octanol–water partition coefficient (Wildman–Crippen LogP) is 0.829. The van der Waals surface area contributed by atoms with Crippen LogP contribution in [-0.2, 0) is 0 Å². The van der Waals surface area contributed by atoms with Crippen molar-refractivity contribution < 1.29 is 14.6 Å². The Hall–Kier alpha value is -0.970. The molecule has 0 bridgehead atoms. The van der Waals surface area contributed by atoms with Crippen molar-refractivity contribution in [1.29, 1.82) is 0 Å². The van der Waals surface area contributed by atoms with Crippen molar-refractivity contribution in [3.8, 4) is 11.5 Å². The van der Waals surface area contributed by atoms with Crippen molar-refractivity contribution in [1.82, 2.24) is 0 Å². The summed E-state index contributed by atoms with van der Waals surface area (Å²) < 4.78 is 10.3. The van der Waals surface area contributed by atoms with Crippen LogP contribution in [0.25, 0.3) is 0 Å². The lowest BCUT2D eigenvalue weighted by Gasteiger charge is -2.08. The van der Waals surface area contributed by atoms with Crippen molar-refractivity contribution in [2.24, 2.45) is 5.73 Å². The van der Waals surface area contributed by atoms with Crippen LogP contribution in [0.1, 0.15) is 11.6 Å². The minimum Gasteiger partial charge on any atom is -0.454 e. The van der Waals surface area contributed by atoms with Gasteiger partial charge in [0.15, 0.2) is 11.5 Å². The molecule has 0 amide bonds. The summed E-state index contributed by atoms with van der Waals surface area (Å²) in [6.45, 7) is 0.187. The van der Waals surface area contributed by atoms with Crippen LogP contribution < -0.4 is 15.2 Å². The van der Waals surface area contributed by atoms with Gasteiger partial charge < -0.3 is 20.3 Å². The van der Waals surface area contributed by atoms with Crippen LogP contribution in [0.2, 0.25) is 0 Å². The Morgan fingerprint density at radius 2 is 2.07 bits per heavy atom. The molecule has 1 aliphatic heterocycles. The minimum atomic E-state index is -0.352. The number of rotatable bonds is 2. The molecule has 1 aromatic carbocycles. The zero-order chi connectivity index (χ0) is 9.26. The fourth-order valence-corrected chi connectivity index (χ4v) is 1.25. The molecule has 0 unspecified atom stereocenters. The van der Waals surface area contributed by atoms with Crippen LogP contribution in [0, 0.1) is 0 Å². The highest BCUT2D eigenvalue weighted by atomic mass is 35.5. The molecule has 1 atom stereocenters. The molecule has 2 rings (SSSR count). The Labute approximate surface area is 88.0 Å². The first-order chi connectivity index (χ1) is 6.31. The Balaban J connectivity index is 0.000000980. The van der Waals surface area contributed by atoms with Gasteiger partial charge in [0.25, 0.3) is 0 Å². The molecule has 78 valence electrons. The molecule has 0 aromatic heterocycles. The number of hydrogen-bond acceptors (Lipinski definition) is 4. The molecule has 1 aliphatic rings. The maximum atomic E-state index is 8.84. The first kappa shape index (κ1) is 11.1. The zero-order valence-electron chi connectivity index (χ0n) is 7.47. The third kappa shape index (κ3) is 1.92. The fraction of sp³-hybridized carbons (Fsp3) is 0.333. The van der Waals surface area contributed by atoms with Gasteiger partial charge in [-0.25, -0.2) is 0 Å². The number of fused-ring (bicyclic) bond motifs is 1. The van der Waals surface area contributed by atoms with Crippen LogP contribution in [-0.4, -0.2) is 18.5 Å². The molecule has 0 saturated heterocycles. The van der Waals surface area contributed by atoms with Gasteiger partial charge in [-0.15, -0.1) is 12.4 Å². The molecule has 0 fully saturated rings. The van der Waals surface area contributed by atoms with Gasteiger partial charge in [-0.2, -0.15) is 0 Å².